The third-order valence-electron chi connectivity index (χ3n) is 14.4. The molecule has 0 heterocycles. The summed E-state index contributed by atoms with van der Waals surface area (Å²) in [5, 5.41) is 0. The fourth-order valence-corrected chi connectivity index (χ4v) is 9.53. The molecule has 0 aromatic heterocycles. The molecular formula is C70H124O6. The summed E-state index contributed by atoms with van der Waals surface area (Å²) in [7, 11) is 0. The summed E-state index contributed by atoms with van der Waals surface area (Å²) < 4.78 is 16.9. The lowest BCUT2D eigenvalue weighted by atomic mass is 10.0. The fraction of sp³-hybridized carbons (Fsp3) is 0.786. The Morgan fingerprint density at radius 1 is 0.276 bits per heavy atom. The summed E-state index contributed by atoms with van der Waals surface area (Å²) in [5.74, 6) is -0.883. The van der Waals surface area contributed by atoms with Crippen molar-refractivity contribution in [2.24, 2.45) is 0 Å². The number of esters is 3. The zero-order chi connectivity index (χ0) is 55.0. The lowest BCUT2D eigenvalue weighted by Crippen LogP contribution is -2.30. The van der Waals surface area contributed by atoms with E-state index in [0.717, 1.165) is 109 Å². The van der Waals surface area contributed by atoms with Crippen LogP contribution in [0.25, 0.3) is 0 Å². The molecule has 0 spiro atoms. The summed E-state index contributed by atoms with van der Waals surface area (Å²) in [4.78, 5) is 38.3. The predicted octanol–water partition coefficient (Wildman–Crippen LogP) is 22.5. The van der Waals surface area contributed by atoms with Gasteiger partial charge in [-0.1, -0.05) is 299 Å². The van der Waals surface area contributed by atoms with E-state index < -0.39 is 6.10 Å². The monoisotopic (exact) mass is 1060 g/mol. The van der Waals surface area contributed by atoms with Gasteiger partial charge in [-0.3, -0.25) is 14.4 Å². The van der Waals surface area contributed by atoms with E-state index in [0.29, 0.717) is 19.3 Å². The molecule has 0 N–H and O–H groups in total. The zero-order valence-electron chi connectivity index (χ0n) is 50.5. The molecule has 0 saturated heterocycles. The molecular weight excluding hydrogens is 937 g/mol. The quantitative estimate of drug-likeness (QED) is 0.0261. The molecule has 76 heavy (non-hydrogen) atoms. The van der Waals surface area contributed by atoms with E-state index in [1.54, 1.807) is 0 Å². The van der Waals surface area contributed by atoms with E-state index in [1.807, 2.05) is 0 Å². The Balaban J connectivity index is 4.33. The van der Waals surface area contributed by atoms with Crippen LogP contribution in [0, 0.1) is 0 Å². The first-order valence-corrected chi connectivity index (χ1v) is 32.9. The highest BCUT2D eigenvalue weighted by atomic mass is 16.6. The van der Waals surface area contributed by atoms with E-state index in [1.165, 1.54) is 186 Å². The topological polar surface area (TPSA) is 78.9 Å². The van der Waals surface area contributed by atoms with Gasteiger partial charge in [0.15, 0.2) is 6.10 Å². The van der Waals surface area contributed by atoms with Crippen molar-refractivity contribution in [2.45, 2.75) is 341 Å². The number of rotatable bonds is 60. The van der Waals surface area contributed by atoms with Crippen molar-refractivity contribution in [3.8, 4) is 0 Å². The second-order valence-electron chi connectivity index (χ2n) is 22.0. The first kappa shape index (κ1) is 72.8. The predicted molar refractivity (Wildman–Crippen MR) is 330 cm³/mol. The molecule has 0 aliphatic carbocycles. The first-order chi connectivity index (χ1) is 37.5. The van der Waals surface area contributed by atoms with Crippen LogP contribution in [-0.4, -0.2) is 37.2 Å². The molecule has 0 bridgehead atoms. The van der Waals surface area contributed by atoms with Crippen LogP contribution in [0.3, 0.4) is 0 Å². The van der Waals surface area contributed by atoms with E-state index in [-0.39, 0.29) is 31.1 Å². The molecule has 440 valence electrons. The van der Waals surface area contributed by atoms with Crippen LogP contribution in [0.4, 0.5) is 0 Å². The van der Waals surface area contributed by atoms with Crippen molar-refractivity contribution < 1.29 is 28.6 Å². The highest BCUT2D eigenvalue weighted by molar-refractivity contribution is 5.71. The van der Waals surface area contributed by atoms with Crippen LogP contribution in [-0.2, 0) is 28.6 Å². The number of hydrogen-bond acceptors (Lipinski definition) is 6. The van der Waals surface area contributed by atoms with Gasteiger partial charge in [0.2, 0.25) is 0 Å². The molecule has 0 saturated carbocycles. The molecule has 0 aromatic rings. The Kier molecular flexibility index (Phi) is 61.7. The molecule has 6 nitrogen and oxygen atoms in total. The van der Waals surface area contributed by atoms with Gasteiger partial charge in [-0.2, -0.15) is 0 Å². The highest BCUT2D eigenvalue weighted by Crippen LogP contribution is 2.17. The van der Waals surface area contributed by atoms with E-state index in [2.05, 4.69) is 93.7 Å². The van der Waals surface area contributed by atoms with Crippen molar-refractivity contribution >= 4 is 17.9 Å². The second-order valence-corrected chi connectivity index (χ2v) is 22.0. The third kappa shape index (κ3) is 61.7. The minimum Gasteiger partial charge on any atom is -0.462 e. The average molecular weight is 1060 g/mol. The maximum absolute atomic E-state index is 12.9. The smallest absolute Gasteiger partial charge is 0.306 e. The number of carbonyl (C=O) groups is 3. The maximum atomic E-state index is 12.9. The Hall–Kier alpha value is -3.15. The summed E-state index contributed by atoms with van der Waals surface area (Å²) in [5.41, 5.74) is 0. The summed E-state index contributed by atoms with van der Waals surface area (Å²) in [6.07, 6.45) is 83.4. The number of ether oxygens (including phenoxy) is 3. The molecule has 0 radical (unpaired) electrons. The molecule has 0 aliphatic rings. The summed E-state index contributed by atoms with van der Waals surface area (Å²) in [6, 6.07) is 0. The fourth-order valence-electron chi connectivity index (χ4n) is 9.53. The molecule has 0 aliphatic heterocycles. The number of unbranched alkanes of at least 4 members (excludes halogenated alkanes) is 37. The normalized spacial score (nSPS) is 12.5. The Labute approximate surface area is 472 Å². The average Bonchev–Trinajstić information content (AvgIpc) is 3.42. The van der Waals surface area contributed by atoms with Crippen molar-refractivity contribution in [1.29, 1.82) is 0 Å². The van der Waals surface area contributed by atoms with Crippen LogP contribution in [0.2, 0.25) is 0 Å². The maximum Gasteiger partial charge on any atom is 0.306 e. The van der Waals surface area contributed by atoms with Crippen LogP contribution in [0.1, 0.15) is 335 Å². The molecule has 0 rings (SSSR count). The van der Waals surface area contributed by atoms with E-state index in [4.69, 9.17) is 14.2 Å². The largest absolute Gasteiger partial charge is 0.462 e. The van der Waals surface area contributed by atoms with Crippen LogP contribution in [0.15, 0.2) is 72.9 Å². The minimum atomic E-state index is -0.784. The molecule has 0 amide bonds. The molecule has 1 atom stereocenters. The first-order valence-electron chi connectivity index (χ1n) is 32.9. The van der Waals surface area contributed by atoms with Gasteiger partial charge in [0, 0.05) is 19.3 Å². The number of hydrogen-bond donors (Lipinski definition) is 0. The molecule has 0 fully saturated rings. The lowest BCUT2D eigenvalue weighted by molar-refractivity contribution is -0.167. The van der Waals surface area contributed by atoms with Gasteiger partial charge in [0.25, 0.3) is 0 Å². The zero-order valence-corrected chi connectivity index (χ0v) is 50.5. The SMILES string of the molecule is CC/C=C\C/C=C\C/C=C\CCCCCCCC(=O)OCC(COC(=O)CCCCCCCCCCCC/C=C\C/C=C\C/C=C\CCCCCCC)OC(=O)CCCCCCCCCCCCCCCCCCCC. The van der Waals surface area contributed by atoms with Crippen molar-refractivity contribution in [1.82, 2.24) is 0 Å². The number of allylic oxidation sites excluding steroid dienone is 12. The number of carbonyl (C=O) groups excluding carboxylic acids is 3. The Bertz CT molecular complexity index is 1400. The van der Waals surface area contributed by atoms with Gasteiger partial charge in [0.1, 0.15) is 13.2 Å². The highest BCUT2D eigenvalue weighted by Gasteiger charge is 2.19. The Morgan fingerprint density at radius 2 is 0.513 bits per heavy atom. The Morgan fingerprint density at radius 3 is 0.803 bits per heavy atom. The van der Waals surface area contributed by atoms with Gasteiger partial charge in [-0.25, -0.2) is 0 Å². The van der Waals surface area contributed by atoms with Gasteiger partial charge in [-0.05, 0) is 89.9 Å². The summed E-state index contributed by atoms with van der Waals surface area (Å²) >= 11 is 0. The standard InChI is InChI=1S/C70H124O6/c1-4-7-10-13-16-19-22-25-28-30-32-33-34-35-36-37-38-40-42-45-48-51-54-57-60-63-69(72)75-66-67(65-74-68(71)62-59-56-53-50-47-44-41-27-24-21-18-15-12-9-6-3)76-70(73)64-61-58-55-52-49-46-43-39-31-29-26-23-20-17-14-11-8-5-2/h9,12,18,21-22,25,27,30,32,34-35,41,67H,4-8,10-11,13-17,19-20,23-24,26,28-29,31,33,36-40,42-66H2,1-3H3/b12-9-,21-18-,25-22-,32-30-,35-34-,41-27-. The minimum absolute atomic E-state index is 0.0803. The van der Waals surface area contributed by atoms with Gasteiger partial charge < -0.3 is 14.2 Å². The molecule has 1 unspecified atom stereocenters. The van der Waals surface area contributed by atoms with Crippen molar-refractivity contribution in [2.75, 3.05) is 13.2 Å². The summed E-state index contributed by atoms with van der Waals surface area (Å²) in [6.45, 7) is 6.55. The van der Waals surface area contributed by atoms with Gasteiger partial charge in [-0.15, -0.1) is 0 Å². The van der Waals surface area contributed by atoms with Crippen LogP contribution >= 0.6 is 0 Å². The van der Waals surface area contributed by atoms with Gasteiger partial charge in [0.05, 0.1) is 0 Å². The van der Waals surface area contributed by atoms with E-state index in [9.17, 15) is 14.4 Å². The van der Waals surface area contributed by atoms with E-state index >= 15 is 0 Å². The van der Waals surface area contributed by atoms with Crippen molar-refractivity contribution in [3.63, 3.8) is 0 Å². The van der Waals surface area contributed by atoms with Gasteiger partial charge >= 0.3 is 17.9 Å². The third-order valence-corrected chi connectivity index (χ3v) is 14.4. The lowest BCUT2D eigenvalue weighted by Gasteiger charge is -2.18. The van der Waals surface area contributed by atoms with Crippen LogP contribution in [0.5, 0.6) is 0 Å². The second kappa shape index (κ2) is 64.4. The molecule has 6 heteroatoms. The van der Waals surface area contributed by atoms with Crippen LogP contribution < -0.4 is 0 Å². The molecule has 0 aromatic carbocycles. The van der Waals surface area contributed by atoms with Crippen molar-refractivity contribution in [3.05, 3.63) is 72.9 Å².